The van der Waals surface area contributed by atoms with Crippen LogP contribution in [0.3, 0.4) is 0 Å². The van der Waals surface area contributed by atoms with Crippen LogP contribution in [0.4, 0.5) is 0 Å². The lowest BCUT2D eigenvalue weighted by molar-refractivity contribution is -0.132. The Morgan fingerprint density at radius 3 is 2.70 bits per heavy atom. The van der Waals surface area contributed by atoms with Gasteiger partial charge in [-0.15, -0.1) is 0 Å². The number of nitrogens with one attached hydrogen (secondary N) is 1. The summed E-state index contributed by atoms with van der Waals surface area (Å²) in [5.74, 6) is 0.628. The Labute approximate surface area is 121 Å². The fourth-order valence-corrected chi connectivity index (χ4v) is 3.82. The minimum atomic E-state index is -0.214. The van der Waals surface area contributed by atoms with Gasteiger partial charge in [0.05, 0.1) is 6.10 Å². The Hall–Kier alpha value is -0.650. The first-order valence-electron chi connectivity index (χ1n) is 8.08. The first kappa shape index (κ1) is 14.3. The molecule has 0 aromatic carbocycles. The topological polar surface area (TPSA) is 44.8 Å². The lowest BCUT2D eigenvalue weighted by atomic mass is 9.91. The van der Waals surface area contributed by atoms with E-state index in [1.54, 1.807) is 7.05 Å². The zero-order chi connectivity index (χ0) is 13.9. The summed E-state index contributed by atoms with van der Waals surface area (Å²) in [5.41, 5.74) is 0. The maximum atomic E-state index is 11.7. The number of likely N-dealkylation sites (tertiary alicyclic amines) is 2. The first-order valence-corrected chi connectivity index (χ1v) is 8.08. The summed E-state index contributed by atoms with van der Waals surface area (Å²) < 4.78 is 5.95. The number of amides is 1. The van der Waals surface area contributed by atoms with Crippen LogP contribution in [0.15, 0.2) is 0 Å². The minimum absolute atomic E-state index is 0.0445. The van der Waals surface area contributed by atoms with Gasteiger partial charge in [0.15, 0.2) is 0 Å². The Morgan fingerprint density at radius 2 is 1.95 bits per heavy atom. The van der Waals surface area contributed by atoms with E-state index < -0.39 is 0 Å². The SMILES string of the molecule is CNC(=O)[C@@H]1C[C@@H]2CCN(CCN3CCCC3)C[C@H]2O1. The van der Waals surface area contributed by atoms with E-state index in [-0.39, 0.29) is 18.1 Å². The summed E-state index contributed by atoms with van der Waals surface area (Å²) in [6.07, 6.45) is 4.87. The van der Waals surface area contributed by atoms with Gasteiger partial charge < -0.3 is 15.0 Å². The van der Waals surface area contributed by atoms with Gasteiger partial charge in [0.1, 0.15) is 6.10 Å². The van der Waals surface area contributed by atoms with Crippen molar-refractivity contribution in [2.75, 3.05) is 46.3 Å². The van der Waals surface area contributed by atoms with Gasteiger partial charge in [-0.1, -0.05) is 0 Å². The van der Waals surface area contributed by atoms with Gasteiger partial charge in [-0.3, -0.25) is 9.69 Å². The van der Waals surface area contributed by atoms with Crippen molar-refractivity contribution in [2.45, 2.75) is 37.9 Å². The quantitative estimate of drug-likeness (QED) is 0.805. The Balaban J connectivity index is 1.44. The molecule has 114 valence electrons. The lowest BCUT2D eigenvalue weighted by Gasteiger charge is -2.34. The molecule has 0 spiro atoms. The lowest BCUT2D eigenvalue weighted by Crippen LogP contribution is -2.45. The van der Waals surface area contributed by atoms with Crippen LogP contribution in [0.1, 0.15) is 25.7 Å². The second-order valence-electron chi connectivity index (χ2n) is 6.41. The van der Waals surface area contributed by atoms with Gasteiger partial charge >= 0.3 is 0 Å². The first-order chi connectivity index (χ1) is 9.76. The zero-order valence-electron chi connectivity index (χ0n) is 12.5. The van der Waals surface area contributed by atoms with Gasteiger partial charge in [-0.2, -0.15) is 0 Å². The van der Waals surface area contributed by atoms with Crippen molar-refractivity contribution in [2.24, 2.45) is 5.92 Å². The van der Waals surface area contributed by atoms with E-state index in [1.807, 2.05) is 0 Å². The monoisotopic (exact) mass is 281 g/mol. The average molecular weight is 281 g/mol. The van der Waals surface area contributed by atoms with Crippen LogP contribution in [0, 0.1) is 5.92 Å². The van der Waals surface area contributed by atoms with Crippen molar-refractivity contribution < 1.29 is 9.53 Å². The molecule has 0 aliphatic carbocycles. The van der Waals surface area contributed by atoms with E-state index in [9.17, 15) is 4.79 Å². The molecule has 5 nitrogen and oxygen atoms in total. The third-order valence-corrected chi connectivity index (χ3v) is 5.11. The number of fused-ring (bicyclic) bond motifs is 1. The van der Waals surface area contributed by atoms with E-state index in [0.717, 1.165) is 19.5 Å². The number of nitrogens with zero attached hydrogens (tertiary/aromatic N) is 2. The van der Waals surface area contributed by atoms with Gasteiger partial charge in [0, 0.05) is 26.7 Å². The second-order valence-corrected chi connectivity index (χ2v) is 6.41. The summed E-state index contributed by atoms with van der Waals surface area (Å²) >= 11 is 0. The molecule has 0 aromatic rings. The average Bonchev–Trinajstić information content (AvgIpc) is 3.12. The normalized spacial score (nSPS) is 35.1. The van der Waals surface area contributed by atoms with Gasteiger partial charge in [0.2, 0.25) is 5.91 Å². The van der Waals surface area contributed by atoms with Crippen molar-refractivity contribution in [1.29, 1.82) is 0 Å². The molecule has 5 heteroatoms. The summed E-state index contributed by atoms with van der Waals surface area (Å²) in [6.45, 7) is 7.06. The molecule has 0 saturated carbocycles. The second kappa shape index (κ2) is 6.41. The van der Waals surface area contributed by atoms with Crippen LogP contribution in [-0.2, 0) is 9.53 Å². The summed E-state index contributed by atoms with van der Waals surface area (Å²) in [5, 5.41) is 2.71. The highest BCUT2D eigenvalue weighted by Gasteiger charge is 2.41. The van der Waals surface area contributed by atoms with Crippen LogP contribution >= 0.6 is 0 Å². The highest BCUT2D eigenvalue weighted by atomic mass is 16.5. The largest absolute Gasteiger partial charge is 0.364 e. The van der Waals surface area contributed by atoms with Crippen molar-refractivity contribution in [1.82, 2.24) is 15.1 Å². The zero-order valence-corrected chi connectivity index (χ0v) is 12.5. The third kappa shape index (κ3) is 3.15. The standard InChI is InChI=1S/C15H27N3O2/c1-16-15(19)13-10-12-4-7-18(11-14(12)20-13)9-8-17-5-2-3-6-17/h12-14H,2-11H2,1H3,(H,16,19)/t12-,13-,14+/m0/s1. The Bertz CT molecular complexity index is 344. The highest BCUT2D eigenvalue weighted by molar-refractivity contribution is 5.80. The van der Waals surface area contributed by atoms with Crippen LogP contribution in [0.2, 0.25) is 0 Å². The number of likely N-dealkylation sites (N-methyl/N-ethyl adjacent to an activating group) is 1. The molecule has 0 unspecified atom stereocenters. The molecule has 3 aliphatic rings. The molecule has 0 radical (unpaired) electrons. The molecule has 1 N–H and O–H groups in total. The molecule has 3 heterocycles. The molecular weight excluding hydrogens is 254 g/mol. The number of hydrogen-bond donors (Lipinski definition) is 1. The van der Waals surface area contributed by atoms with E-state index in [0.29, 0.717) is 5.92 Å². The number of hydrogen-bond acceptors (Lipinski definition) is 4. The van der Waals surface area contributed by atoms with Crippen LogP contribution in [-0.4, -0.2) is 74.2 Å². The molecule has 20 heavy (non-hydrogen) atoms. The fraction of sp³-hybridized carbons (Fsp3) is 0.933. The molecule has 3 fully saturated rings. The van der Waals surface area contributed by atoms with E-state index in [1.165, 1.54) is 45.4 Å². The van der Waals surface area contributed by atoms with Crippen molar-refractivity contribution >= 4 is 5.91 Å². The van der Waals surface area contributed by atoms with E-state index >= 15 is 0 Å². The van der Waals surface area contributed by atoms with Crippen molar-refractivity contribution in [3.05, 3.63) is 0 Å². The fourth-order valence-electron chi connectivity index (χ4n) is 3.82. The van der Waals surface area contributed by atoms with Gasteiger partial charge in [-0.05, 0) is 51.2 Å². The third-order valence-electron chi connectivity index (χ3n) is 5.11. The number of piperidine rings is 1. The van der Waals surface area contributed by atoms with E-state index in [2.05, 4.69) is 15.1 Å². The molecule has 3 rings (SSSR count). The van der Waals surface area contributed by atoms with Crippen molar-refractivity contribution in [3.8, 4) is 0 Å². The summed E-state index contributed by atoms with van der Waals surface area (Å²) in [6, 6.07) is 0. The molecule has 0 aromatic heterocycles. The van der Waals surface area contributed by atoms with Crippen LogP contribution in [0.5, 0.6) is 0 Å². The van der Waals surface area contributed by atoms with Crippen LogP contribution in [0.25, 0.3) is 0 Å². The predicted octanol–water partition coefficient (Wildman–Crippen LogP) is 0.308. The molecule has 3 saturated heterocycles. The van der Waals surface area contributed by atoms with Gasteiger partial charge in [0.25, 0.3) is 0 Å². The maximum Gasteiger partial charge on any atom is 0.248 e. The summed E-state index contributed by atoms with van der Waals surface area (Å²) in [7, 11) is 1.69. The number of ether oxygens (including phenoxy) is 1. The Kier molecular flexibility index (Phi) is 4.58. The molecule has 3 atom stereocenters. The number of carbonyl (C=O) groups excluding carboxylic acids is 1. The van der Waals surface area contributed by atoms with Crippen LogP contribution < -0.4 is 5.32 Å². The molecule has 1 amide bonds. The van der Waals surface area contributed by atoms with Gasteiger partial charge in [-0.25, -0.2) is 0 Å². The summed E-state index contributed by atoms with van der Waals surface area (Å²) in [4.78, 5) is 16.8. The Morgan fingerprint density at radius 1 is 1.20 bits per heavy atom. The van der Waals surface area contributed by atoms with Crippen molar-refractivity contribution in [3.63, 3.8) is 0 Å². The highest BCUT2D eigenvalue weighted by Crippen LogP contribution is 2.33. The predicted molar refractivity (Wildman–Crippen MR) is 77.6 cm³/mol. The minimum Gasteiger partial charge on any atom is -0.364 e. The number of rotatable bonds is 4. The van der Waals surface area contributed by atoms with E-state index in [4.69, 9.17) is 4.74 Å². The number of carbonyl (C=O) groups is 1. The maximum absolute atomic E-state index is 11.7. The molecular formula is C15H27N3O2. The molecule has 0 bridgehead atoms. The molecule has 3 aliphatic heterocycles. The smallest absolute Gasteiger partial charge is 0.248 e.